The summed E-state index contributed by atoms with van der Waals surface area (Å²) in [5, 5.41) is 3.81. The van der Waals surface area contributed by atoms with Crippen molar-refractivity contribution in [2.45, 2.75) is 66.0 Å². The molecular weight excluding hydrogens is 248 g/mol. The second-order valence-electron chi connectivity index (χ2n) is 7.11. The molecule has 3 heteroatoms. The van der Waals surface area contributed by atoms with E-state index in [9.17, 15) is 0 Å². The minimum Gasteiger partial charge on any atom is -0.383 e. The highest BCUT2D eigenvalue weighted by molar-refractivity contribution is 4.97. The van der Waals surface area contributed by atoms with Crippen molar-refractivity contribution in [3.05, 3.63) is 0 Å². The van der Waals surface area contributed by atoms with Crippen LogP contribution in [0.2, 0.25) is 0 Å². The van der Waals surface area contributed by atoms with Gasteiger partial charge in [0.15, 0.2) is 0 Å². The van der Waals surface area contributed by atoms with E-state index in [1.165, 1.54) is 25.8 Å². The molecule has 20 heavy (non-hydrogen) atoms. The minimum atomic E-state index is 0.434. The molecule has 3 nitrogen and oxygen atoms in total. The van der Waals surface area contributed by atoms with Crippen LogP contribution in [0.15, 0.2) is 0 Å². The zero-order chi connectivity index (χ0) is 15.2. The van der Waals surface area contributed by atoms with E-state index in [0.717, 1.165) is 25.6 Å². The lowest BCUT2D eigenvalue weighted by atomic mass is 9.84. The molecule has 1 fully saturated rings. The SMILES string of the molecule is CCCNC1C(CN(CC)C(C)COC)CCC1(C)C. The van der Waals surface area contributed by atoms with Crippen molar-refractivity contribution in [2.24, 2.45) is 11.3 Å². The topological polar surface area (TPSA) is 24.5 Å². The van der Waals surface area contributed by atoms with Crippen molar-refractivity contribution in [2.75, 3.05) is 33.4 Å². The summed E-state index contributed by atoms with van der Waals surface area (Å²) in [6.45, 7) is 15.9. The third-order valence-corrected chi connectivity index (χ3v) is 4.99. The Morgan fingerprint density at radius 3 is 2.60 bits per heavy atom. The summed E-state index contributed by atoms with van der Waals surface area (Å²) < 4.78 is 5.33. The van der Waals surface area contributed by atoms with Crippen molar-refractivity contribution in [3.63, 3.8) is 0 Å². The fourth-order valence-electron chi connectivity index (χ4n) is 3.73. The van der Waals surface area contributed by atoms with Gasteiger partial charge in [-0.2, -0.15) is 0 Å². The first-order valence-electron chi connectivity index (χ1n) is 8.42. The van der Waals surface area contributed by atoms with Crippen molar-refractivity contribution in [3.8, 4) is 0 Å². The number of nitrogens with one attached hydrogen (secondary N) is 1. The molecule has 0 aromatic carbocycles. The number of hydrogen-bond acceptors (Lipinski definition) is 3. The molecule has 0 aromatic heterocycles. The minimum absolute atomic E-state index is 0.434. The summed E-state index contributed by atoms with van der Waals surface area (Å²) in [6.07, 6.45) is 3.91. The zero-order valence-corrected chi connectivity index (χ0v) is 14.5. The normalized spacial score (nSPS) is 27.1. The number of hydrogen-bond donors (Lipinski definition) is 1. The van der Waals surface area contributed by atoms with Crippen LogP contribution in [0.25, 0.3) is 0 Å². The van der Waals surface area contributed by atoms with E-state index >= 15 is 0 Å². The van der Waals surface area contributed by atoms with Gasteiger partial charge in [0.05, 0.1) is 6.61 Å². The molecule has 0 aliphatic heterocycles. The van der Waals surface area contributed by atoms with Gasteiger partial charge in [0.1, 0.15) is 0 Å². The second kappa shape index (κ2) is 8.35. The van der Waals surface area contributed by atoms with Crippen molar-refractivity contribution in [1.29, 1.82) is 0 Å². The molecule has 3 atom stereocenters. The number of rotatable bonds is 9. The highest BCUT2D eigenvalue weighted by Gasteiger charge is 2.42. The fourth-order valence-corrected chi connectivity index (χ4v) is 3.73. The molecule has 0 saturated heterocycles. The Bertz CT molecular complexity index is 268. The third-order valence-electron chi connectivity index (χ3n) is 4.99. The Balaban J connectivity index is 2.63. The molecule has 1 aliphatic rings. The van der Waals surface area contributed by atoms with E-state index in [0.29, 0.717) is 17.5 Å². The molecule has 0 aromatic rings. The Kier molecular flexibility index (Phi) is 7.49. The maximum atomic E-state index is 5.33. The van der Waals surface area contributed by atoms with Gasteiger partial charge in [-0.25, -0.2) is 0 Å². The van der Waals surface area contributed by atoms with Crippen molar-refractivity contribution >= 4 is 0 Å². The predicted molar refractivity (Wildman–Crippen MR) is 87.2 cm³/mol. The van der Waals surface area contributed by atoms with E-state index in [2.05, 4.69) is 44.8 Å². The standard InChI is InChI=1S/C17H36N2O/c1-7-11-18-16-15(9-10-17(16,4)5)12-19(8-2)14(3)13-20-6/h14-16,18H,7-13H2,1-6H3. The average molecular weight is 284 g/mol. The quantitative estimate of drug-likeness (QED) is 0.704. The van der Waals surface area contributed by atoms with Crippen LogP contribution in [0.1, 0.15) is 53.9 Å². The van der Waals surface area contributed by atoms with Gasteiger partial charge in [0, 0.05) is 25.7 Å². The summed E-state index contributed by atoms with van der Waals surface area (Å²) in [7, 11) is 1.80. The molecule has 1 rings (SSSR count). The molecule has 1 N–H and O–H groups in total. The van der Waals surface area contributed by atoms with Crippen molar-refractivity contribution in [1.82, 2.24) is 10.2 Å². The summed E-state index contributed by atoms with van der Waals surface area (Å²) >= 11 is 0. The third kappa shape index (κ3) is 4.71. The maximum absolute atomic E-state index is 5.33. The molecular formula is C17H36N2O. The molecule has 0 radical (unpaired) electrons. The van der Waals surface area contributed by atoms with Crippen LogP contribution < -0.4 is 5.32 Å². The van der Waals surface area contributed by atoms with Crippen LogP contribution in [0.5, 0.6) is 0 Å². The van der Waals surface area contributed by atoms with E-state index in [1.54, 1.807) is 7.11 Å². The molecule has 0 bridgehead atoms. The Labute approximate surface area is 126 Å². The predicted octanol–water partition coefficient (Wildman–Crippen LogP) is 3.15. The molecule has 0 amide bonds. The highest BCUT2D eigenvalue weighted by Crippen LogP contribution is 2.41. The highest BCUT2D eigenvalue weighted by atomic mass is 16.5. The number of ether oxygens (including phenoxy) is 1. The fraction of sp³-hybridized carbons (Fsp3) is 1.00. The lowest BCUT2D eigenvalue weighted by Crippen LogP contribution is -2.48. The number of methoxy groups -OCH3 is 1. The van der Waals surface area contributed by atoms with Crippen LogP contribution >= 0.6 is 0 Å². The van der Waals surface area contributed by atoms with Gasteiger partial charge in [-0.1, -0.05) is 27.7 Å². The number of nitrogens with zero attached hydrogens (tertiary/aromatic N) is 1. The Morgan fingerprint density at radius 2 is 2.05 bits per heavy atom. The first-order valence-corrected chi connectivity index (χ1v) is 8.42. The lowest BCUT2D eigenvalue weighted by molar-refractivity contribution is 0.0848. The van der Waals surface area contributed by atoms with Gasteiger partial charge in [0.25, 0.3) is 0 Å². The van der Waals surface area contributed by atoms with Gasteiger partial charge in [-0.05, 0) is 50.6 Å². The first kappa shape index (κ1) is 17.9. The van der Waals surface area contributed by atoms with Gasteiger partial charge < -0.3 is 10.1 Å². The van der Waals surface area contributed by atoms with Crippen LogP contribution in [-0.2, 0) is 4.74 Å². The maximum Gasteiger partial charge on any atom is 0.0615 e. The van der Waals surface area contributed by atoms with Crippen LogP contribution in [0.3, 0.4) is 0 Å². The largest absolute Gasteiger partial charge is 0.383 e. The Hall–Kier alpha value is -0.120. The Morgan fingerprint density at radius 1 is 1.35 bits per heavy atom. The van der Waals surface area contributed by atoms with E-state index in [1.807, 2.05) is 0 Å². The molecule has 1 aliphatic carbocycles. The van der Waals surface area contributed by atoms with Gasteiger partial charge in [-0.3, -0.25) is 4.90 Å². The average Bonchev–Trinajstić information content (AvgIpc) is 2.68. The summed E-state index contributed by atoms with van der Waals surface area (Å²) in [5.74, 6) is 0.774. The first-order chi connectivity index (χ1) is 9.46. The molecule has 0 heterocycles. The molecule has 0 spiro atoms. The second-order valence-corrected chi connectivity index (χ2v) is 7.11. The summed E-state index contributed by atoms with van der Waals surface area (Å²) in [4.78, 5) is 2.58. The van der Waals surface area contributed by atoms with Gasteiger partial charge in [0.2, 0.25) is 0 Å². The summed E-state index contributed by atoms with van der Waals surface area (Å²) in [6, 6.07) is 1.17. The van der Waals surface area contributed by atoms with Crippen LogP contribution in [0, 0.1) is 11.3 Å². The van der Waals surface area contributed by atoms with Gasteiger partial charge in [-0.15, -0.1) is 0 Å². The van der Waals surface area contributed by atoms with E-state index in [-0.39, 0.29) is 0 Å². The van der Waals surface area contributed by atoms with E-state index in [4.69, 9.17) is 4.74 Å². The monoisotopic (exact) mass is 284 g/mol. The summed E-state index contributed by atoms with van der Waals surface area (Å²) in [5.41, 5.74) is 0.434. The molecule has 1 saturated carbocycles. The van der Waals surface area contributed by atoms with Crippen molar-refractivity contribution < 1.29 is 4.74 Å². The van der Waals surface area contributed by atoms with E-state index < -0.39 is 0 Å². The lowest BCUT2D eigenvalue weighted by Gasteiger charge is -2.36. The molecule has 120 valence electrons. The van der Waals surface area contributed by atoms with Crippen LogP contribution in [0.4, 0.5) is 0 Å². The molecule has 3 unspecified atom stereocenters. The smallest absolute Gasteiger partial charge is 0.0615 e. The van der Waals surface area contributed by atoms with Gasteiger partial charge >= 0.3 is 0 Å². The number of likely N-dealkylation sites (N-methyl/N-ethyl adjacent to an activating group) is 1. The zero-order valence-electron chi connectivity index (χ0n) is 14.5. The van der Waals surface area contributed by atoms with Crippen LogP contribution in [-0.4, -0.2) is 50.3 Å².